The first kappa shape index (κ1) is 11.3. The van der Waals surface area contributed by atoms with E-state index in [9.17, 15) is 4.79 Å². The van der Waals surface area contributed by atoms with Gasteiger partial charge in [-0.1, -0.05) is 12.1 Å². The molecule has 0 saturated carbocycles. The predicted molar refractivity (Wildman–Crippen MR) is 66.1 cm³/mol. The highest BCUT2D eigenvalue weighted by Crippen LogP contribution is 2.24. The topological polar surface area (TPSA) is 50.2 Å². The van der Waals surface area contributed by atoms with Gasteiger partial charge in [0.15, 0.2) is 0 Å². The molecule has 0 saturated heterocycles. The summed E-state index contributed by atoms with van der Waals surface area (Å²) < 4.78 is 0. The van der Waals surface area contributed by atoms with Crippen LogP contribution in [0.3, 0.4) is 0 Å². The molecule has 1 heterocycles. The summed E-state index contributed by atoms with van der Waals surface area (Å²) in [5.41, 5.74) is 4.14. The van der Waals surface area contributed by atoms with Gasteiger partial charge in [0.05, 0.1) is 5.56 Å². The van der Waals surface area contributed by atoms with Crippen molar-refractivity contribution in [3.63, 3.8) is 0 Å². The Bertz CT molecular complexity index is 559. The summed E-state index contributed by atoms with van der Waals surface area (Å²) in [7, 11) is 0. The molecule has 17 heavy (non-hydrogen) atoms. The minimum absolute atomic E-state index is 0.297. The number of rotatable bonds is 2. The Labute approximate surface area is 99.8 Å². The van der Waals surface area contributed by atoms with Crippen LogP contribution in [0.2, 0.25) is 0 Å². The molecule has 0 unspecified atom stereocenters. The highest BCUT2D eigenvalue weighted by molar-refractivity contribution is 5.89. The smallest absolute Gasteiger partial charge is 0.335 e. The number of carbonyl (C=O) groups is 1. The van der Waals surface area contributed by atoms with Crippen LogP contribution in [-0.2, 0) is 0 Å². The first-order valence-electron chi connectivity index (χ1n) is 5.35. The summed E-state index contributed by atoms with van der Waals surface area (Å²) in [5, 5.41) is 8.98. The molecule has 1 aromatic carbocycles. The molecule has 0 amide bonds. The van der Waals surface area contributed by atoms with Crippen LogP contribution in [0.5, 0.6) is 0 Å². The number of nitrogens with zero attached hydrogens (tertiary/aromatic N) is 1. The van der Waals surface area contributed by atoms with Crippen molar-refractivity contribution in [2.75, 3.05) is 0 Å². The second kappa shape index (κ2) is 4.37. The monoisotopic (exact) mass is 227 g/mol. The maximum atomic E-state index is 10.9. The van der Waals surface area contributed by atoms with Gasteiger partial charge in [-0.25, -0.2) is 4.79 Å². The molecule has 0 spiro atoms. The van der Waals surface area contributed by atoms with Crippen LogP contribution in [0.4, 0.5) is 0 Å². The van der Waals surface area contributed by atoms with E-state index in [1.165, 1.54) is 0 Å². The van der Waals surface area contributed by atoms with Crippen LogP contribution >= 0.6 is 0 Å². The fourth-order valence-corrected chi connectivity index (χ4v) is 1.69. The maximum absolute atomic E-state index is 10.9. The number of pyridine rings is 1. The van der Waals surface area contributed by atoms with Crippen LogP contribution < -0.4 is 0 Å². The molecule has 3 heteroatoms. The molecule has 0 atom stereocenters. The van der Waals surface area contributed by atoms with E-state index in [2.05, 4.69) is 4.98 Å². The predicted octanol–water partition coefficient (Wildman–Crippen LogP) is 3.06. The van der Waals surface area contributed by atoms with Crippen LogP contribution in [0.15, 0.2) is 36.5 Å². The molecule has 3 nitrogen and oxygen atoms in total. The SMILES string of the molecule is Cc1ccc(-c2cc(C(=O)O)ccc2C)cn1. The molecule has 0 aliphatic carbocycles. The number of aryl methyl sites for hydroxylation is 2. The van der Waals surface area contributed by atoms with E-state index in [0.717, 1.165) is 22.4 Å². The van der Waals surface area contributed by atoms with E-state index in [-0.39, 0.29) is 0 Å². The number of benzene rings is 1. The number of hydrogen-bond acceptors (Lipinski definition) is 2. The fourth-order valence-electron chi connectivity index (χ4n) is 1.69. The Kier molecular flexibility index (Phi) is 2.91. The van der Waals surface area contributed by atoms with Gasteiger partial charge in [0.1, 0.15) is 0 Å². The third-order valence-electron chi connectivity index (χ3n) is 2.71. The van der Waals surface area contributed by atoms with E-state index < -0.39 is 5.97 Å². The second-order valence-electron chi connectivity index (χ2n) is 4.02. The summed E-state index contributed by atoms with van der Waals surface area (Å²) >= 11 is 0. The minimum atomic E-state index is -0.911. The van der Waals surface area contributed by atoms with Crippen LogP contribution in [-0.4, -0.2) is 16.1 Å². The Morgan fingerprint density at radius 2 is 1.94 bits per heavy atom. The van der Waals surface area contributed by atoms with Gasteiger partial charge in [-0.05, 0) is 43.2 Å². The zero-order valence-electron chi connectivity index (χ0n) is 9.77. The quantitative estimate of drug-likeness (QED) is 0.857. The maximum Gasteiger partial charge on any atom is 0.335 e. The van der Waals surface area contributed by atoms with Crippen molar-refractivity contribution in [1.29, 1.82) is 0 Å². The number of aromatic nitrogens is 1. The summed E-state index contributed by atoms with van der Waals surface area (Å²) in [6.45, 7) is 3.88. The molecule has 0 radical (unpaired) electrons. The molecule has 0 bridgehead atoms. The number of carboxylic acid groups (broad SMARTS) is 1. The fraction of sp³-hybridized carbons (Fsp3) is 0.143. The average molecular weight is 227 g/mol. The molecular weight excluding hydrogens is 214 g/mol. The summed E-state index contributed by atoms with van der Waals surface area (Å²) in [6.07, 6.45) is 1.77. The molecule has 1 N–H and O–H groups in total. The number of hydrogen-bond donors (Lipinski definition) is 1. The summed E-state index contributed by atoms with van der Waals surface area (Å²) in [5.74, 6) is -0.911. The standard InChI is InChI=1S/C14H13NO2/c1-9-3-5-11(14(16)17)7-13(9)12-6-4-10(2)15-8-12/h3-8H,1-2H3,(H,16,17). The summed E-state index contributed by atoms with van der Waals surface area (Å²) in [6, 6.07) is 8.99. The van der Waals surface area contributed by atoms with Crippen molar-refractivity contribution in [2.24, 2.45) is 0 Å². The van der Waals surface area contributed by atoms with Crippen molar-refractivity contribution in [1.82, 2.24) is 4.98 Å². The zero-order valence-corrected chi connectivity index (χ0v) is 9.77. The Morgan fingerprint density at radius 3 is 2.53 bits per heavy atom. The van der Waals surface area contributed by atoms with Gasteiger partial charge in [-0.2, -0.15) is 0 Å². The van der Waals surface area contributed by atoms with E-state index in [1.54, 1.807) is 18.3 Å². The highest BCUT2D eigenvalue weighted by atomic mass is 16.4. The van der Waals surface area contributed by atoms with E-state index in [4.69, 9.17) is 5.11 Å². The average Bonchev–Trinajstić information content (AvgIpc) is 2.31. The van der Waals surface area contributed by atoms with E-state index in [0.29, 0.717) is 5.56 Å². The Balaban J connectivity index is 2.54. The Hall–Kier alpha value is -2.16. The minimum Gasteiger partial charge on any atom is -0.478 e. The van der Waals surface area contributed by atoms with Gasteiger partial charge in [-0.3, -0.25) is 4.98 Å². The molecule has 0 aliphatic rings. The van der Waals surface area contributed by atoms with Gasteiger partial charge in [0.25, 0.3) is 0 Å². The van der Waals surface area contributed by atoms with Crippen LogP contribution in [0.1, 0.15) is 21.6 Å². The van der Waals surface area contributed by atoms with Crippen molar-refractivity contribution in [2.45, 2.75) is 13.8 Å². The van der Waals surface area contributed by atoms with Gasteiger partial charge in [0, 0.05) is 17.5 Å². The lowest BCUT2D eigenvalue weighted by Crippen LogP contribution is -1.97. The van der Waals surface area contributed by atoms with Gasteiger partial charge in [-0.15, -0.1) is 0 Å². The lowest BCUT2D eigenvalue weighted by molar-refractivity contribution is 0.0697. The highest BCUT2D eigenvalue weighted by Gasteiger charge is 2.07. The molecule has 86 valence electrons. The lowest BCUT2D eigenvalue weighted by Gasteiger charge is -2.07. The second-order valence-corrected chi connectivity index (χ2v) is 4.02. The largest absolute Gasteiger partial charge is 0.478 e. The number of carboxylic acids is 1. The third-order valence-corrected chi connectivity index (χ3v) is 2.71. The summed E-state index contributed by atoms with van der Waals surface area (Å²) in [4.78, 5) is 15.2. The lowest BCUT2D eigenvalue weighted by atomic mass is 9.99. The Morgan fingerprint density at radius 1 is 1.18 bits per heavy atom. The van der Waals surface area contributed by atoms with Crippen molar-refractivity contribution in [3.8, 4) is 11.1 Å². The van der Waals surface area contributed by atoms with Crippen LogP contribution in [0, 0.1) is 13.8 Å². The molecule has 0 fully saturated rings. The normalized spacial score (nSPS) is 10.2. The molecule has 2 aromatic rings. The first-order chi connectivity index (χ1) is 8.08. The third kappa shape index (κ3) is 2.33. The number of aromatic carboxylic acids is 1. The van der Waals surface area contributed by atoms with Gasteiger partial charge in [0.2, 0.25) is 0 Å². The first-order valence-corrected chi connectivity index (χ1v) is 5.35. The molecule has 2 rings (SSSR count). The van der Waals surface area contributed by atoms with Crippen molar-refractivity contribution >= 4 is 5.97 Å². The van der Waals surface area contributed by atoms with Gasteiger partial charge < -0.3 is 5.11 Å². The van der Waals surface area contributed by atoms with Crippen molar-refractivity contribution < 1.29 is 9.90 Å². The molecule has 1 aromatic heterocycles. The van der Waals surface area contributed by atoms with E-state index in [1.807, 2.05) is 32.0 Å². The molecule has 0 aliphatic heterocycles. The zero-order chi connectivity index (χ0) is 12.4. The van der Waals surface area contributed by atoms with Gasteiger partial charge >= 0.3 is 5.97 Å². The van der Waals surface area contributed by atoms with Crippen molar-refractivity contribution in [3.05, 3.63) is 53.3 Å². The van der Waals surface area contributed by atoms with E-state index >= 15 is 0 Å². The molecular formula is C14H13NO2. The van der Waals surface area contributed by atoms with Crippen LogP contribution in [0.25, 0.3) is 11.1 Å².